The van der Waals surface area contributed by atoms with Crippen LogP contribution in [0, 0.1) is 34.5 Å². The molecule has 7 atom stereocenters. The Morgan fingerprint density at radius 2 is 1.95 bits per heavy atom. The molecule has 3 saturated carbocycles. The number of hydrogen-bond donors (Lipinski definition) is 1. The first-order chi connectivity index (χ1) is 10.3. The lowest BCUT2D eigenvalue weighted by Crippen LogP contribution is -2.53. The van der Waals surface area contributed by atoms with Gasteiger partial charge in [0.1, 0.15) is 6.10 Å². The maximum atomic E-state index is 12.0. The molecule has 2 nitrogen and oxygen atoms in total. The summed E-state index contributed by atoms with van der Waals surface area (Å²) in [6.45, 7) is 7.24. The van der Waals surface area contributed by atoms with Crippen molar-refractivity contribution in [2.75, 3.05) is 0 Å². The number of carbonyl (C=O) groups excluding carboxylic acids is 1. The Hall–Kier alpha value is -0.630. The monoisotopic (exact) mass is 302 g/mol. The average Bonchev–Trinajstić information content (AvgIpc) is 2.84. The number of hydrogen-bond acceptors (Lipinski definition) is 2. The highest BCUT2D eigenvalue weighted by molar-refractivity contribution is 5.86. The van der Waals surface area contributed by atoms with E-state index in [2.05, 4.69) is 26.8 Å². The molecule has 1 N–H and O–H groups in total. The van der Waals surface area contributed by atoms with Gasteiger partial charge in [-0.25, -0.2) is 0 Å². The van der Waals surface area contributed by atoms with E-state index in [0.717, 1.165) is 11.8 Å². The lowest BCUT2D eigenvalue weighted by atomic mass is 9.46. The molecule has 0 spiro atoms. The standard InChI is InChI=1S/C20H30O2/c1-12-9-13-10-16(21)17(22)11-20(13,3)15-6-8-19(2)7-4-5-14(19)18(12)15/h9,12,14-15,17-18,22H,4-8,10-11H2,1-3H3/t12?,14-,15+,17?,18-,19-,20-/m0/s1. The lowest BCUT2D eigenvalue weighted by molar-refractivity contribution is -0.134. The molecule has 0 saturated heterocycles. The highest BCUT2D eigenvalue weighted by Crippen LogP contribution is 2.65. The topological polar surface area (TPSA) is 37.3 Å². The van der Waals surface area contributed by atoms with Crippen molar-refractivity contribution in [3.8, 4) is 0 Å². The van der Waals surface area contributed by atoms with Gasteiger partial charge in [0.2, 0.25) is 0 Å². The Bertz CT molecular complexity index is 536. The molecule has 2 unspecified atom stereocenters. The third kappa shape index (κ3) is 1.85. The Morgan fingerprint density at radius 3 is 2.73 bits per heavy atom. The Morgan fingerprint density at radius 1 is 1.18 bits per heavy atom. The van der Waals surface area contributed by atoms with Crippen molar-refractivity contribution < 1.29 is 9.90 Å². The van der Waals surface area contributed by atoms with Crippen LogP contribution >= 0.6 is 0 Å². The third-order valence-electron chi connectivity index (χ3n) is 8.09. The zero-order chi connectivity index (χ0) is 15.7. The van der Waals surface area contributed by atoms with Gasteiger partial charge in [0.05, 0.1) is 0 Å². The summed E-state index contributed by atoms with van der Waals surface area (Å²) in [5.74, 6) is 2.91. The van der Waals surface area contributed by atoms with E-state index in [9.17, 15) is 9.90 Å². The minimum Gasteiger partial charge on any atom is -0.385 e. The van der Waals surface area contributed by atoms with Gasteiger partial charge in [-0.15, -0.1) is 0 Å². The Balaban J connectivity index is 1.75. The van der Waals surface area contributed by atoms with Crippen LogP contribution in [0.5, 0.6) is 0 Å². The normalized spacial score (nSPS) is 54.3. The summed E-state index contributed by atoms with van der Waals surface area (Å²) in [4.78, 5) is 12.0. The molecule has 0 aromatic heterocycles. The van der Waals surface area contributed by atoms with Gasteiger partial charge in [-0.1, -0.05) is 38.8 Å². The quantitative estimate of drug-likeness (QED) is 0.683. The molecule has 0 aromatic rings. The number of carbonyl (C=O) groups is 1. The van der Waals surface area contributed by atoms with E-state index in [1.54, 1.807) is 0 Å². The minimum absolute atomic E-state index is 0.0379. The van der Waals surface area contributed by atoms with Crippen LogP contribution in [0.3, 0.4) is 0 Å². The highest BCUT2D eigenvalue weighted by Gasteiger charge is 2.58. The average molecular weight is 302 g/mol. The van der Waals surface area contributed by atoms with Gasteiger partial charge in [-0.3, -0.25) is 4.79 Å². The first-order valence-corrected chi connectivity index (χ1v) is 9.27. The molecule has 0 aliphatic heterocycles. The largest absolute Gasteiger partial charge is 0.385 e. The molecule has 0 radical (unpaired) electrons. The minimum atomic E-state index is -0.729. The SMILES string of the molecule is CC1C=C2CC(=O)C(O)C[C@]2(C)[C@@H]2CC[C@]3(C)CCC[C@H]3[C@H]12. The van der Waals surface area contributed by atoms with Crippen LogP contribution in [0.15, 0.2) is 11.6 Å². The summed E-state index contributed by atoms with van der Waals surface area (Å²) < 4.78 is 0. The first kappa shape index (κ1) is 14.9. The number of allylic oxidation sites excluding steroid dienone is 2. The molecule has 0 heterocycles. The maximum Gasteiger partial charge on any atom is 0.165 e. The number of aliphatic hydroxyl groups is 1. The summed E-state index contributed by atoms with van der Waals surface area (Å²) >= 11 is 0. The summed E-state index contributed by atoms with van der Waals surface area (Å²) in [6.07, 6.45) is 9.68. The Labute approximate surface area is 134 Å². The van der Waals surface area contributed by atoms with Gasteiger partial charge in [0.15, 0.2) is 5.78 Å². The van der Waals surface area contributed by atoms with Crippen molar-refractivity contribution in [1.29, 1.82) is 0 Å². The van der Waals surface area contributed by atoms with E-state index in [0.29, 0.717) is 30.1 Å². The van der Waals surface area contributed by atoms with Crippen molar-refractivity contribution in [2.24, 2.45) is 34.5 Å². The number of rotatable bonds is 0. The maximum absolute atomic E-state index is 12.0. The molecule has 4 aliphatic rings. The van der Waals surface area contributed by atoms with Crippen LogP contribution in [0.4, 0.5) is 0 Å². The van der Waals surface area contributed by atoms with E-state index in [4.69, 9.17) is 0 Å². The van der Waals surface area contributed by atoms with Gasteiger partial charge in [-0.2, -0.15) is 0 Å². The molecule has 0 aromatic carbocycles. The van der Waals surface area contributed by atoms with Crippen molar-refractivity contribution in [3.63, 3.8) is 0 Å². The molecular weight excluding hydrogens is 272 g/mol. The highest BCUT2D eigenvalue weighted by atomic mass is 16.3. The van der Waals surface area contributed by atoms with Crippen LogP contribution < -0.4 is 0 Å². The van der Waals surface area contributed by atoms with Gasteiger partial charge >= 0.3 is 0 Å². The number of fused-ring (bicyclic) bond motifs is 5. The second-order valence-electron chi connectivity index (χ2n) is 9.21. The summed E-state index contributed by atoms with van der Waals surface area (Å²) in [5.41, 5.74) is 1.97. The van der Waals surface area contributed by atoms with Crippen molar-refractivity contribution in [2.45, 2.75) is 71.8 Å². The third-order valence-corrected chi connectivity index (χ3v) is 8.09. The molecule has 0 bridgehead atoms. The summed E-state index contributed by atoms with van der Waals surface area (Å²) in [5, 5.41) is 10.2. The molecule has 2 heteroatoms. The number of Topliss-reactive ketones (excluding diaryl/α,β-unsaturated/α-hetero) is 1. The van der Waals surface area contributed by atoms with Crippen molar-refractivity contribution >= 4 is 5.78 Å². The van der Waals surface area contributed by atoms with Crippen LogP contribution in [0.1, 0.15) is 65.7 Å². The zero-order valence-electron chi connectivity index (χ0n) is 14.3. The molecule has 122 valence electrons. The van der Waals surface area contributed by atoms with E-state index in [1.807, 2.05) is 0 Å². The predicted octanol–water partition coefficient (Wildman–Crippen LogP) is 4.13. The van der Waals surface area contributed by atoms with Crippen LogP contribution in [-0.2, 0) is 4.79 Å². The van der Waals surface area contributed by atoms with Crippen LogP contribution in [0.2, 0.25) is 0 Å². The van der Waals surface area contributed by atoms with Crippen LogP contribution in [0.25, 0.3) is 0 Å². The number of ketones is 1. The Kier molecular flexibility index (Phi) is 3.18. The summed E-state index contributed by atoms with van der Waals surface area (Å²) in [6, 6.07) is 0. The fraction of sp³-hybridized carbons (Fsp3) is 0.850. The van der Waals surface area contributed by atoms with Gasteiger partial charge < -0.3 is 5.11 Å². The summed E-state index contributed by atoms with van der Waals surface area (Å²) in [7, 11) is 0. The fourth-order valence-corrected chi connectivity index (χ4v) is 6.88. The molecule has 0 amide bonds. The van der Waals surface area contributed by atoms with Crippen LogP contribution in [-0.4, -0.2) is 17.0 Å². The molecule has 4 rings (SSSR count). The fourth-order valence-electron chi connectivity index (χ4n) is 6.88. The van der Waals surface area contributed by atoms with Gasteiger partial charge in [-0.05, 0) is 66.6 Å². The van der Waals surface area contributed by atoms with E-state index < -0.39 is 6.10 Å². The molecule has 3 fully saturated rings. The lowest BCUT2D eigenvalue weighted by Gasteiger charge is -2.58. The first-order valence-electron chi connectivity index (χ1n) is 9.27. The predicted molar refractivity (Wildman–Crippen MR) is 87.3 cm³/mol. The number of aliphatic hydroxyl groups excluding tert-OH is 1. The van der Waals surface area contributed by atoms with E-state index >= 15 is 0 Å². The second-order valence-corrected chi connectivity index (χ2v) is 9.21. The van der Waals surface area contributed by atoms with Gasteiger partial charge in [0.25, 0.3) is 0 Å². The molecular formula is C20H30O2. The van der Waals surface area contributed by atoms with E-state index in [-0.39, 0.29) is 11.2 Å². The molecule has 4 aliphatic carbocycles. The van der Waals surface area contributed by atoms with Crippen molar-refractivity contribution in [3.05, 3.63) is 11.6 Å². The van der Waals surface area contributed by atoms with Crippen molar-refractivity contribution in [1.82, 2.24) is 0 Å². The zero-order valence-corrected chi connectivity index (χ0v) is 14.3. The van der Waals surface area contributed by atoms with E-state index in [1.165, 1.54) is 37.7 Å². The molecule has 22 heavy (non-hydrogen) atoms. The second kappa shape index (κ2) is 4.69. The van der Waals surface area contributed by atoms with Gasteiger partial charge in [0, 0.05) is 6.42 Å². The smallest absolute Gasteiger partial charge is 0.165 e.